The van der Waals surface area contributed by atoms with Crippen LogP contribution < -0.4 is 11.3 Å². The van der Waals surface area contributed by atoms with Gasteiger partial charge in [0.25, 0.3) is 0 Å². The van der Waals surface area contributed by atoms with Crippen LogP contribution >= 0.6 is 0 Å². The fourth-order valence-electron chi connectivity index (χ4n) is 5.83. The molecule has 6 nitrogen and oxygen atoms in total. The van der Waals surface area contributed by atoms with Crippen molar-refractivity contribution in [3.8, 4) is 0 Å². The quantitative estimate of drug-likeness (QED) is 0.249. The van der Waals surface area contributed by atoms with Crippen molar-refractivity contribution in [2.24, 2.45) is 17.2 Å². The molecule has 2 bridgehead atoms. The van der Waals surface area contributed by atoms with Crippen molar-refractivity contribution < 1.29 is 19.0 Å². The summed E-state index contributed by atoms with van der Waals surface area (Å²) in [6, 6.07) is 30.2. The van der Waals surface area contributed by atoms with Gasteiger partial charge in [-0.1, -0.05) is 91.0 Å². The largest absolute Gasteiger partial charge is 0.376 e. The maximum absolute atomic E-state index is 12.9. The molecule has 0 saturated heterocycles. The van der Waals surface area contributed by atoms with Crippen LogP contribution in [0.2, 0.25) is 0 Å². The monoisotopic (exact) mass is 472 g/mol. The lowest BCUT2D eigenvalue weighted by Gasteiger charge is -2.54. The summed E-state index contributed by atoms with van der Waals surface area (Å²) in [4.78, 5) is 12.9. The third-order valence-corrected chi connectivity index (χ3v) is 7.40. The first-order chi connectivity index (χ1) is 17.2. The zero-order valence-corrected chi connectivity index (χ0v) is 19.8. The molecule has 1 amide bonds. The molecule has 0 aromatic heterocycles. The highest BCUT2D eigenvalue weighted by Gasteiger charge is 2.76. The third kappa shape index (κ3) is 4.75. The van der Waals surface area contributed by atoms with Crippen LogP contribution in [-0.2, 0) is 38.8 Å². The normalized spacial score (nSPS) is 26.8. The summed E-state index contributed by atoms with van der Waals surface area (Å²) in [5.41, 5.74) is 4.56. The summed E-state index contributed by atoms with van der Waals surface area (Å²) in [5.74, 6) is 4.98. The van der Waals surface area contributed by atoms with E-state index in [1.807, 2.05) is 78.9 Å². The summed E-state index contributed by atoms with van der Waals surface area (Å²) in [7, 11) is 0. The summed E-state index contributed by atoms with van der Waals surface area (Å²) in [6.07, 6.45) is 1.02. The topological polar surface area (TPSA) is 82.8 Å². The molecule has 3 aliphatic carbocycles. The van der Waals surface area contributed by atoms with Gasteiger partial charge in [0, 0.05) is 5.41 Å². The molecule has 0 radical (unpaired) electrons. The van der Waals surface area contributed by atoms with Crippen molar-refractivity contribution in [1.29, 1.82) is 0 Å². The number of rotatable bonds is 11. The van der Waals surface area contributed by atoms with Crippen molar-refractivity contribution in [2.75, 3.05) is 6.61 Å². The number of hydrazine groups is 1. The smallest absolute Gasteiger partial charge is 0.240 e. The van der Waals surface area contributed by atoms with Gasteiger partial charge in [0.1, 0.15) is 5.60 Å². The van der Waals surface area contributed by atoms with E-state index in [0.29, 0.717) is 39.3 Å². The van der Waals surface area contributed by atoms with Gasteiger partial charge in [-0.25, -0.2) is 5.84 Å². The summed E-state index contributed by atoms with van der Waals surface area (Å²) in [5, 5.41) is 0. The maximum Gasteiger partial charge on any atom is 0.240 e. The average Bonchev–Trinajstić information content (AvgIpc) is 3.38. The van der Waals surface area contributed by atoms with E-state index < -0.39 is 11.5 Å². The number of amides is 1. The van der Waals surface area contributed by atoms with Crippen LogP contribution in [0.3, 0.4) is 0 Å². The minimum atomic E-state index is -0.746. The van der Waals surface area contributed by atoms with Crippen molar-refractivity contribution in [3.05, 3.63) is 108 Å². The van der Waals surface area contributed by atoms with Crippen molar-refractivity contribution in [1.82, 2.24) is 5.43 Å². The Morgan fingerprint density at radius 1 is 0.829 bits per heavy atom. The number of fused-ring (bicyclic) bond motifs is 1. The highest BCUT2D eigenvalue weighted by molar-refractivity contribution is 5.81. The van der Waals surface area contributed by atoms with Gasteiger partial charge in [0.05, 0.1) is 38.4 Å². The summed E-state index contributed by atoms with van der Waals surface area (Å²) in [6.45, 7) is 1.85. The van der Waals surface area contributed by atoms with Gasteiger partial charge in [-0.3, -0.25) is 10.2 Å². The molecule has 3 N–H and O–H groups in total. The number of hydrogen-bond donors (Lipinski definition) is 2. The minimum absolute atomic E-state index is 0.214. The van der Waals surface area contributed by atoms with E-state index in [-0.39, 0.29) is 17.4 Å². The predicted molar refractivity (Wildman–Crippen MR) is 133 cm³/mol. The Kier molecular flexibility index (Phi) is 6.97. The Balaban J connectivity index is 1.37. The Hall–Kier alpha value is -3.03. The predicted octanol–water partition coefficient (Wildman–Crippen LogP) is 4.14. The number of hydrogen-bond acceptors (Lipinski definition) is 5. The van der Waals surface area contributed by atoms with Gasteiger partial charge in [0.15, 0.2) is 0 Å². The molecular formula is C29H32N2O4. The van der Waals surface area contributed by atoms with Crippen molar-refractivity contribution in [3.63, 3.8) is 0 Å². The number of carbonyl (C=O) groups excluding carboxylic acids is 1. The molecule has 3 aliphatic rings. The molecule has 6 rings (SSSR count). The van der Waals surface area contributed by atoms with Gasteiger partial charge in [0.2, 0.25) is 5.91 Å². The molecule has 3 aromatic carbocycles. The Morgan fingerprint density at radius 3 is 1.94 bits per heavy atom. The van der Waals surface area contributed by atoms with Crippen LogP contribution in [0.4, 0.5) is 0 Å². The lowest BCUT2D eigenvalue weighted by atomic mass is 9.63. The maximum atomic E-state index is 12.9. The molecule has 6 heteroatoms. The average molecular weight is 473 g/mol. The number of benzene rings is 3. The molecule has 182 valence electrons. The zero-order chi connectivity index (χ0) is 24.1. The molecule has 0 spiro atoms. The lowest BCUT2D eigenvalue weighted by Crippen LogP contribution is -2.65. The second kappa shape index (κ2) is 10.3. The second-order valence-corrected chi connectivity index (χ2v) is 9.69. The molecule has 35 heavy (non-hydrogen) atoms. The van der Waals surface area contributed by atoms with E-state index in [1.54, 1.807) is 0 Å². The van der Waals surface area contributed by atoms with Gasteiger partial charge in [-0.2, -0.15) is 0 Å². The molecule has 3 fully saturated rings. The molecule has 4 atom stereocenters. The first-order valence-corrected chi connectivity index (χ1v) is 12.1. The third-order valence-electron chi connectivity index (χ3n) is 7.40. The van der Waals surface area contributed by atoms with Crippen LogP contribution in [-0.4, -0.2) is 24.2 Å². The fraction of sp³-hybridized carbons (Fsp3) is 0.345. The van der Waals surface area contributed by atoms with E-state index in [1.165, 1.54) is 0 Å². The number of nitrogens with one attached hydrogen (secondary N) is 1. The molecule has 3 saturated carbocycles. The van der Waals surface area contributed by atoms with Gasteiger partial charge < -0.3 is 14.2 Å². The van der Waals surface area contributed by atoms with E-state index in [9.17, 15) is 4.79 Å². The molecule has 3 aromatic rings. The first-order valence-electron chi connectivity index (χ1n) is 12.1. The minimum Gasteiger partial charge on any atom is -0.376 e. The van der Waals surface area contributed by atoms with Gasteiger partial charge >= 0.3 is 0 Å². The van der Waals surface area contributed by atoms with Crippen LogP contribution in [0.5, 0.6) is 0 Å². The standard InChI is InChI=1S/C29H32N2O4/c30-31-26(32)25-16-28(21-33-17-22-10-4-1-5-11-22)20-29(25,35-19-24-14-8-3-9-15-24)27(28)34-18-23-12-6-2-7-13-23/h1-15,25,27H,16-21,30H2,(H,31,32)/t25-,27+,28+,29-/m0/s1. The fourth-order valence-corrected chi connectivity index (χ4v) is 5.83. The Labute approximate surface area is 206 Å². The Bertz CT molecular complexity index is 1110. The number of nitrogens with two attached hydrogens (primary N) is 1. The molecular weight excluding hydrogens is 440 g/mol. The molecule has 0 unspecified atom stereocenters. The zero-order valence-electron chi connectivity index (χ0n) is 19.8. The molecule has 0 heterocycles. The SMILES string of the molecule is NNC(=O)[C@@H]1C[C@]2(COCc3ccccc3)C[C@@]1(OCc1ccccc1)[C@@H]2OCc1ccccc1. The van der Waals surface area contributed by atoms with Crippen LogP contribution in [0.1, 0.15) is 29.5 Å². The Morgan fingerprint density at radius 2 is 1.37 bits per heavy atom. The highest BCUT2D eigenvalue weighted by atomic mass is 16.6. The van der Waals surface area contributed by atoms with Crippen LogP contribution in [0.25, 0.3) is 0 Å². The van der Waals surface area contributed by atoms with Crippen LogP contribution in [0, 0.1) is 11.3 Å². The van der Waals surface area contributed by atoms with E-state index in [4.69, 9.17) is 20.1 Å². The van der Waals surface area contributed by atoms with E-state index >= 15 is 0 Å². The molecule has 0 aliphatic heterocycles. The van der Waals surface area contributed by atoms with Gasteiger partial charge in [-0.15, -0.1) is 0 Å². The van der Waals surface area contributed by atoms with Gasteiger partial charge in [-0.05, 0) is 29.5 Å². The van der Waals surface area contributed by atoms with Crippen molar-refractivity contribution >= 4 is 5.91 Å². The van der Waals surface area contributed by atoms with Crippen LogP contribution in [0.15, 0.2) is 91.0 Å². The first kappa shape index (κ1) is 23.7. The second-order valence-electron chi connectivity index (χ2n) is 9.69. The van der Waals surface area contributed by atoms with E-state index in [0.717, 1.165) is 16.7 Å². The van der Waals surface area contributed by atoms with Crippen molar-refractivity contribution in [2.45, 2.75) is 44.4 Å². The van der Waals surface area contributed by atoms with E-state index in [2.05, 4.69) is 17.6 Å². The highest BCUT2D eigenvalue weighted by Crippen LogP contribution is 2.67. The number of ether oxygens (including phenoxy) is 3. The number of carbonyl (C=O) groups is 1. The summed E-state index contributed by atoms with van der Waals surface area (Å²) < 4.78 is 19.3. The lowest BCUT2D eigenvalue weighted by molar-refractivity contribution is -0.263. The summed E-state index contributed by atoms with van der Waals surface area (Å²) >= 11 is 0.